The predicted octanol–water partition coefficient (Wildman–Crippen LogP) is 2.15. The summed E-state index contributed by atoms with van der Waals surface area (Å²) in [6, 6.07) is 5.70. The van der Waals surface area contributed by atoms with Crippen LogP contribution >= 0.6 is 0 Å². The SMILES string of the molecule is CC1CN(C(=O)c2ccc(OC(F)F)cc2)CCO1. The van der Waals surface area contributed by atoms with Gasteiger partial charge in [-0.2, -0.15) is 8.78 Å². The molecule has 1 amide bonds. The van der Waals surface area contributed by atoms with Crippen LogP contribution in [0.3, 0.4) is 0 Å². The van der Waals surface area contributed by atoms with E-state index < -0.39 is 6.61 Å². The quantitative estimate of drug-likeness (QED) is 0.845. The lowest BCUT2D eigenvalue weighted by Crippen LogP contribution is -2.44. The number of carbonyl (C=O) groups excluding carboxylic acids is 1. The maximum atomic E-state index is 12.2. The van der Waals surface area contributed by atoms with Gasteiger partial charge in [0.2, 0.25) is 0 Å². The number of hydrogen-bond acceptors (Lipinski definition) is 3. The molecule has 1 heterocycles. The molecule has 1 aliphatic heterocycles. The van der Waals surface area contributed by atoms with Crippen molar-refractivity contribution in [2.75, 3.05) is 19.7 Å². The lowest BCUT2D eigenvalue weighted by Gasteiger charge is -2.31. The van der Waals surface area contributed by atoms with Crippen LogP contribution in [0.5, 0.6) is 5.75 Å². The fourth-order valence-corrected chi connectivity index (χ4v) is 1.96. The number of carbonyl (C=O) groups is 1. The zero-order valence-corrected chi connectivity index (χ0v) is 10.5. The Morgan fingerprint density at radius 3 is 2.68 bits per heavy atom. The topological polar surface area (TPSA) is 38.8 Å². The summed E-state index contributed by atoms with van der Waals surface area (Å²) in [5.74, 6) is -0.0827. The molecule has 0 aliphatic carbocycles. The van der Waals surface area contributed by atoms with Crippen LogP contribution in [0.15, 0.2) is 24.3 Å². The monoisotopic (exact) mass is 271 g/mol. The number of rotatable bonds is 3. The number of benzene rings is 1. The molecule has 2 rings (SSSR count). The van der Waals surface area contributed by atoms with E-state index in [1.807, 2.05) is 6.92 Å². The van der Waals surface area contributed by atoms with Gasteiger partial charge < -0.3 is 14.4 Å². The van der Waals surface area contributed by atoms with Gasteiger partial charge in [0.25, 0.3) is 5.91 Å². The van der Waals surface area contributed by atoms with E-state index in [1.54, 1.807) is 4.90 Å². The van der Waals surface area contributed by atoms with Gasteiger partial charge >= 0.3 is 6.61 Å². The number of alkyl halides is 2. The summed E-state index contributed by atoms with van der Waals surface area (Å²) in [6.45, 7) is 0.632. The first kappa shape index (κ1) is 13.7. The molecule has 0 bridgehead atoms. The van der Waals surface area contributed by atoms with Gasteiger partial charge in [-0.3, -0.25) is 4.79 Å². The lowest BCUT2D eigenvalue weighted by atomic mass is 10.1. The highest BCUT2D eigenvalue weighted by atomic mass is 19.3. The van der Waals surface area contributed by atoms with Crippen LogP contribution < -0.4 is 4.74 Å². The van der Waals surface area contributed by atoms with Gasteiger partial charge in [0.05, 0.1) is 12.7 Å². The van der Waals surface area contributed by atoms with Crippen LogP contribution in [-0.4, -0.2) is 43.2 Å². The molecule has 4 nitrogen and oxygen atoms in total. The first-order valence-corrected chi connectivity index (χ1v) is 6.02. The molecule has 1 unspecified atom stereocenters. The van der Waals surface area contributed by atoms with Gasteiger partial charge in [0.1, 0.15) is 5.75 Å². The smallest absolute Gasteiger partial charge is 0.387 e. The van der Waals surface area contributed by atoms with Crippen molar-refractivity contribution in [2.24, 2.45) is 0 Å². The van der Waals surface area contributed by atoms with Gasteiger partial charge in [0, 0.05) is 18.7 Å². The molecule has 1 saturated heterocycles. The van der Waals surface area contributed by atoms with Crippen LogP contribution in [0, 0.1) is 0 Å². The van der Waals surface area contributed by atoms with Crippen LogP contribution in [0.25, 0.3) is 0 Å². The number of morpholine rings is 1. The molecule has 1 aromatic rings. The van der Waals surface area contributed by atoms with E-state index in [4.69, 9.17) is 4.74 Å². The van der Waals surface area contributed by atoms with Crippen molar-refractivity contribution in [3.05, 3.63) is 29.8 Å². The van der Waals surface area contributed by atoms with Crippen molar-refractivity contribution in [2.45, 2.75) is 19.6 Å². The fourth-order valence-electron chi connectivity index (χ4n) is 1.96. The number of halogens is 2. The van der Waals surface area contributed by atoms with Gasteiger partial charge in [-0.25, -0.2) is 0 Å². The molecule has 1 atom stereocenters. The van der Waals surface area contributed by atoms with E-state index in [9.17, 15) is 13.6 Å². The zero-order chi connectivity index (χ0) is 13.8. The molecule has 0 saturated carbocycles. The summed E-state index contributed by atoms with van der Waals surface area (Å²) in [6.07, 6.45) is 0.0131. The van der Waals surface area contributed by atoms with Gasteiger partial charge in [-0.05, 0) is 31.2 Å². The second-order valence-electron chi connectivity index (χ2n) is 4.34. The van der Waals surface area contributed by atoms with Crippen molar-refractivity contribution in [1.29, 1.82) is 0 Å². The molecular formula is C13H15F2NO3. The highest BCUT2D eigenvalue weighted by molar-refractivity contribution is 5.94. The van der Waals surface area contributed by atoms with E-state index in [0.29, 0.717) is 25.3 Å². The molecule has 1 fully saturated rings. The largest absolute Gasteiger partial charge is 0.435 e. The minimum absolute atomic E-state index is 0.0131. The first-order valence-electron chi connectivity index (χ1n) is 6.02. The molecule has 1 aromatic carbocycles. The van der Waals surface area contributed by atoms with Crippen molar-refractivity contribution in [3.8, 4) is 5.75 Å². The maximum absolute atomic E-state index is 12.2. The summed E-state index contributed by atoms with van der Waals surface area (Å²) in [5.41, 5.74) is 0.454. The standard InChI is InChI=1S/C13H15F2NO3/c1-9-8-16(6-7-18-9)12(17)10-2-4-11(5-3-10)19-13(14)15/h2-5,9,13H,6-8H2,1H3. The number of hydrogen-bond donors (Lipinski definition) is 0. The maximum Gasteiger partial charge on any atom is 0.387 e. The third-order valence-electron chi connectivity index (χ3n) is 2.85. The van der Waals surface area contributed by atoms with E-state index >= 15 is 0 Å². The third-order valence-corrected chi connectivity index (χ3v) is 2.85. The van der Waals surface area contributed by atoms with Crippen molar-refractivity contribution in [3.63, 3.8) is 0 Å². The van der Waals surface area contributed by atoms with Crippen molar-refractivity contribution >= 4 is 5.91 Å². The molecule has 104 valence electrons. The van der Waals surface area contributed by atoms with Crippen LogP contribution in [-0.2, 0) is 4.74 Å². The summed E-state index contributed by atoms with van der Waals surface area (Å²) < 4.78 is 33.6. The summed E-state index contributed by atoms with van der Waals surface area (Å²) in [5, 5.41) is 0. The minimum Gasteiger partial charge on any atom is -0.435 e. The van der Waals surface area contributed by atoms with E-state index in [0.717, 1.165) is 0 Å². The molecular weight excluding hydrogens is 256 g/mol. The predicted molar refractivity (Wildman–Crippen MR) is 64.4 cm³/mol. The average Bonchev–Trinajstić information content (AvgIpc) is 2.38. The number of amides is 1. The van der Waals surface area contributed by atoms with Gasteiger partial charge in [0.15, 0.2) is 0 Å². The first-order chi connectivity index (χ1) is 9.06. The molecule has 19 heavy (non-hydrogen) atoms. The Hall–Kier alpha value is -1.69. The second-order valence-corrected chi connectivity index (χ2v) is 4.34. The number of ether oxygens (including phenoxy) is 2. The lowest BCUT2D eigenvalue weighted by molar-refractivity contribution is -0.0498. The third kappa shape index (κ3) is 3.64. The average molecular weight is 271 g/mol. The fraction of sp³-hybridized carbons (Fsp3) is 0.462. The summed E-state index contributed by atoms with van der Waals surface area (Å²) in [4.78, 5) is 13.9. The highest BCUT2D eigenvalue weighted by Crippen LogP contribution is 2.17. The normalized spacial score (nSPS) is 19.6. The van der Waals surface area contributed by atoms with Crippen molar-refractivity contribution < 1.29 is 23.0 Å². The van der Waals surface area contributed by atoms with Gasteiger partial charge in [-0.15, -0.1) is 0 Å². The molecule has 0 radical (unpaired) electrons. The molecule has 0 spiro atoms. The van der Waals surface area contributed by atoms with E-state index in [2.05, 4.69) is 4.74 Å². The van der Waals surface area contributed by atoms with Crippen molar-refractivity contribution in [1.82, 2.24) is 4.90 Å². The summed E-state index contributed by atoms with van der Waals surface area (Å²) >= 11 is 0. The Bertz CT molecular complexity index is 436. The molecule has 6 heteroatoms. The second kappa shape index (κ2) is 5.97. The number of nitrogens with zero attached hydrogens (tertiary/aromatic N) is 1. The van der Waals surface area contributed by atoms with E-state index in [1.165, 1.54) is 24.3 Å². The Morgan fingerprint density at radius 1 is 1.42 bits per heavy atom. The Labute approximate surface area is 109 Å². The van der Waals surface area contributed by atoms with Gasteiger partial charge in [-0.1, -0.05) is 0 Å². The minimum atomic E-state index is -2.86. The molecule has 0 aromatic heterocycles. The summed E-state index contributed by atoms with van der Waals surface area (Å²) in [7, 11) is 0. The zero-order valence-electron chi connectivity index (χ0n) is 10.5. The molecule has 0 N–H and O–H groups in total. The van der Waals surface area contributed by atoms with E-state index in [-0.39, 0.29) is 17.8 Å². The Morgan fingerprint density at radius 2 is 2.11 bits per heavy atom. The Kier molecular flexibility index (Phi) is 4.31. The van der Waals surface area contributed by atoms with Crippen LogP contribution in [0.2, 0.25) is 0 Å². The van der Waals surface area contributed by atoms with Crippen LogP contribution in [0.1, 0.15) is 17.3 Å². The molecule has 1 aliphatic rings. The van der Waals surface area contributed by atoms with Crippen LogP contribution in [0.4, 0.5) is 8.78 Å². The Balaban J connectivity index is 2.02. The highest BCUT2D eigenvalue weighted by Gasteiger charge is 2.22.